The number of nitrogens with two attached hydrogens (primary N) is 5. The van der Waals surface area contributed by atoms with Gasteiger partial charge in [-0.2, -0.15) is 11.8 Å². The first-order valence-corrected chi connectivity index (χ1v) is 42.8. The van der Waals surface area contributed by atoms with E-state index in [0.717, 1.165) is 0 Å². The van der Waals surface area contributed by atoms with Crippen LogP contribution in [0.25, 0.3) is 0 Å². The van der Waals surface area contributed by atoms with Crippen LogP contribution in [-0.2, 0) is 104 Å². The van der Waals surface area contributed by atoms with Gasteiger partial charge < -0.3 is 139 Å². The van der Waals surface area contributed by atoms with Gasteiger partial charge in [-0.25, -0.2) is 4.79 Å². The number of unbranched alkanes of at least 4 members (excludes halogenated alkanes) is 1. The number of nitrogens with one attached hydrogen (secondary N) is 16. The summed E-state index contributed by atoms with van der Waals surface area (Å²) in [7, 11) is 0. The van der Waals surface area contributed by atoms with Crippen molar-refractivity contribution in [2.75, 3.05) is 44.9 Å². The van der Waals surface area contributed by atoms with Crippen molar-refractivity contribution in [3.8, 4) is 5.75 Å². The summed E-state index contributed by atoms with van der Waals surface area (Å²) in [5.74, 6) is -23.7. The molecule has 0 aliphatic carbocycles. The van der Waals surface area contributed by atoms with Crippen molar-refractivity contribution in [1.29, 1.82) is 5.41 Å². The van der Waals surface area contributed by atoms with Crippen LogP contribution in [0.1, 0.15) is 155 Å². The number of hydrogen-bond donors (Lipinski definition) is 27. The quantitative estimate of drug-likeness (QED) is 0.0166. The standard InChI is InChI=1S/C80H127N21O25S/c1-8-42(5)64(77(123)94-52(26-29-63(110)111)73(119)101-65(43(6)9-2)78(124)99-58(40-103)79(125)126)100-61(107)38-88-67(113)55(36-44-16-11-10-12-17-44)96-72(118)53(30-33-127-7)93-68(114)48(18-13-14-31-81)89-75(121)56(37-60(84)106)97-74(120)54(34-41(3)4)95-71(117)50(24-27-59(83)105)91-70(116)51(25-28-62(108)109)92-69(115)49(19-15-32-87-80(85)86)90-76(122)57(39-102)98-66(112)47(82)35-45-20-22-46(104)23-21-45/h10-12,16-17,20-23,41-43,47-58,64-65,102-104H,8-9,13-15,18-19,24-40,81-82H2,1-7H3,(H2,83,105)(H2,84,106)(H,88,113)(H,89,121)(H,90,122)(H,91,116)(H,92,115)(H,93,114)(H,94,123)(H,95,117)(H,96,118)(H,97,120)(H,98,112)(H,99,124)(H,100,107)(H,101,119)(H,108,109)(H,110,111)(H,125,126)(H4,85,86,87)/t42-,43-,47-,48-,49-,50-,51-,52-,53-,54-,55-,56-,57-,58-,64-,65-/m0/s1. The minimum absolute atomic E-state index is 0.0276. The molecule has 2 rings (SSSR count). The average Bonchev–Trinajstić information content (AvgIpc) is 0.865. The number of aliphatic carboxylic acids is 3. The number of aromatic hydroxyl groups is 1. The van der Waals surface area contributed by atoms with Crippen LogP contribution in [0.3, 0.4) is 0 Å². The number of carbonyl (C=O) groups excluding carboxylic acids is 16. The highest BCUT2D eigenvalue weighted by Gasteiger charge is 2.40. The van der Waals surface area contributed by atoms with Crippen LogP contribution in [0.5, 0.6) is 5.75 Å². The van der Waals surface area contributed by atoms with E-state index in [2.05, 4.69) is 79.8 Å². The summed E-state index contributed by atoms with van der Waals surface area (Å²) in [5.41, 5.74) is 29.5. The number of phenols is 1. The summed E-state index contributed by atoms with van der Waals surface area (Å²) in [6.45, 7) is 6.84. The molecule has 0 fully saturated rings. The van der Waals surface area contributed by atoms with E-state index < -0.39 is 285 Å². The molecule has 2 aromatic rings. The monoisotopic (exact) mass is 1810 g/mol. The van der Waals surface area contributed by atoms with Crippen LogP contribution >= 0.6 is 11.8 Å². The van der Waals surface area contributed by atoms with Crippen LogP contribution in [-0.4, -0.2) is 278 Å². The van der Waals surface area contributed by atoms with E-state index >= 15 is 0 Å². The van der Waals surface area contributed by atoms with Gasteiger partial charge in [0.2, 0.25) is 94.5 Å². The van der Waals surface area contributed by atoms with Gasteiger partial charge in [-0.05, 0) is 130 Å². The molecule has 708 valence electrons. The number of amides is 16. The fraction of sp³-hybridized carbons (Fsp3) is 0.600. The Morgan fingerprint density at radius 2 is 0.819 bits per heavy atom. The second-order valence-electron chi connectivity index (χ2n) is 30.8. The lowest BCUT2D eigenvalue weighted by molar-refractivity contribution is -0.144. The van der Waals surface area contributed by atoms with Gasteiger partial charge in [-0.3, -0.25) is 91.7 Å². The third-order valence-corrected chi connectivity index (χ3v) is 20.6. The molecule has 0 radical (unpaired) electrons. The number of aliphatic hydroxyl groups excluding tert-OH is 2. The molecule has 46 nitrogen and oxygen atoms in total. The van der Waals surface area contributed by atoms with Crippen molar-refractivity contribution in [3.63, 3.8) is 0 Å². The largest absolute Gasteiger partial charge is 0.508 e. The van der Waals surface area contributed by atoms with Gasteiger partial charge in [0.15, 0.2) is 5.96 Å². The lowest BCUT2D eigenvalue weighted by Crippen LogP contribution is -2.61. The van der Waals surface area contributed by atoms with Gasteiger partial charge >= 0.3 is 17.9 Å². The Labute approximate surface area is 738 Å². The molecule has 0 aromatic heterocycles. The van der Waals surface area contributed by atoms with E-state index in [1.807, 2.05) is 0 Å². The molecule has 0 unspecified atom stereocenters. The van der Waals surface area contributed by atoms with Gasteiger partial charge in [-0.15, -0.1) is 0 Å². The number of guanidine groups is 1. The Morgan fingerprint density at radius 3 is 1.27 bits per heavy atom. The van der Waals surface area contributed by atoms with Crippen LogP contribution in [0.15, 0.2) is 54.6 Å². The summed E-state index contributed by atoms with van der Waals surface area (Å²) in [5, 5.41) is 102. The molecule has 0 saturated carbocycles. The molecule has 0 bridgehead atoms. The predicted molar refractivity (Wildman–Crippen MR) is 459 cm³/mol. The maximum absolute atomic E-state index is 14.7. The molecule has 47 heteroatoms. The molecule has 0 aliphatic heterocycles. The van der Waals surface area contributed by atoms with E-state index in [1.54, 1.807) is 78.1 Å². The van der Waals surface area contributed by atoms with Crippen molar-refractivity contribution in [2.45, 2.75) is 242 Å². The number of primary amides is 2. The van der Waals surface area contributed by atoms with Gasteiger partial charge in [0.25, 0.3) is 0 Å². The number of thioether (sulfide) groups is 1. The first kappa shape index (κ1) is 111. The molecule has 16 amide bonds. The highest BCUT2D eigenvalue weighted by atomic mass is 32.2. The highest BCUT2D eigenvalue weighted by Crippen LogP contribution is 2.18. The summed E-state index contributed by atoms with van der Waals surface area (Å²) < 4.78 is 0. The summed E-state index contributed by atoms with van der Waals surface area (Å²) in [4.78, 5) is 259. The second kappa shape index (κ2) is 58.8. The SMILES string of the molecule is CC[C@H](C)[C@H](NC(=O)CNC(=O)[C@H](Cc1ccccc1)NC(=O)[C@H](CCSC)NC(=O)[C@H](CCCCN)NC(=O)[C@H](CC(N)=O)NC(=O)[C@H](CC(C)C)NC(=O)[C@H](CCC(N)=O)NC(=O)[C@H](CCC(=O)O)NC(=O)[C@H](CCCNC(=N)N)NC(=O)[C@H](CO)NC(=O)[C@@H](N)Cc1ccc(O)cc1)C(=O)N[C@@H](CCC(=O)O)C(=O)N[C@H](C(=O)N[C@@H](CO)C(=O)O)[C@@H](C)CC. The molecular weight excluding hydrogens is 1690 g/mol. The molecule has 0 heterocycles. The highest BCUT2D eigenvalue weighted by molar-refractivity contribution is 7.98. The third-order valence-electron chi connectivity index (χ3n) is 20.0. The normalized spacial score (nSPS) is 14.8. The Kier molecular flexibility index (Phi) is 51.2. The zero-order chi connectivity index (χ0) is 95.7. The first-order valence-electron chi connectivity index (χ1n) is 41.4. The minimum Gasteiger partial charge on any atom is -0.508 e. The van der Waals surface area contributed by atoms with Crippen molar-refractivity contribution in [1.82, 2.24) is 79.8 Å². The molecule has 127 heavy (non-hydrogen) atoms. The number of carbonyl (C=O) groups is 19. The van der Waals surface area contributed by atoms with Crippen LogP contribution in [0.2, 0.25) is 0 Å². The zero-order valence-corrected chi connectivity index (χ0v) is 73.0. The molecule has 2 aromatic carbocycles. The molecule has 0 spiro atoms. The number of rotatable bonds is 63. The Morgan fingerprint density at radius 1 is 0.417 bits per heavy atom. The lowest BCUT2D eigenvalue weighted by atomic mass is 9.96. The van der Waals surface area contributed by atoms with Crippen LogP contribution in [0, 0.1) is 23.2 Å². The summed E-state index contributed by atoms with van der Waals surface area (Å²) in [6.07, 6.45) is -3.48. The Balaban J connectivity index is 2.54. The van der Waals surface area contributed by atoms with E-state index in [-0.39, 0.29) is 95.2 Å². The number of carboxylic acid groups (broad SMARTS) is 3. The molecular formula is C80H127N21O25S. The van der Waals surface area contributed by atoms with E-state index in [4.69, 9.17) is 34.1 Å². The maximum Gasteiger partial charge on any atom is 0.328 e. The molecule has 0 aliphatic rings. The van der Waals surface area contributed by atoms with Crippen molar-refractivity contribution >= 4 is 130 Å². The fourth-order valence-corrected chi connectivity index (χ4v) is 12.8. The lowest BCUT2D eigenvalue weighted by Gasteiger charge is -2.29. The number of phenolic OH excluding ortho intramolecular Hbond substituents is 1. The molecule has 0 saturated heterocycles. The molecule has 32 N–H and O–H groups in total. The Hall–Kier alpha value is -12.4. The van der Waals surface area contributed by atoms with Gasteiger partial charge in [0.1, 0.15) is 84.3 Å². The van der Waals surface area contributed by atoms with Crippen LogP contribution in [0.4, 0.5) is 0 Å². The van der Waals surface area contributed by atoms with Gasteiger partial charge in [-0.1, -0.05) is 96.8 Å². The van der Waals surface area contributed by atoms with E-state index in [0.29, 0.717) is 11.1 Å². The first-order chi connectivity index (χ1) is 59.9. The summed E-state index contributed by atoms with van der Waals surface area (Å²) >= 11 is 1.25. The van der Waals surface area contributed by atoms with E-state index in [1.165, 1.54) is 36.0 Å². The average molecular weight is 1820 g/mol. The Bertz CT molecular complexity index is 4040. The number of carboxylic acids is 3. The minimum atomic E-state index is -1.93. The van der Waals surface area contributed by atoms with Crippen molar-refractivity contribution in [3.05, 3.63) is 65.7 Å². The third kappa shape index (κ3) is 42.9. The fourth-order valence-electron chi connectivity index (χ4n) is 12.4. The second-order valence-corrected chi connectivity index (χ2v) is 31.8. The van der Waals surface area contributed by atoms with Gasteiger partial charge in [0, 0.05) is 32.2 Å². The number of hydrogen-bond acceptors (Lipinski definition) is 26. The number of benzene rings is 2. The number of aliphatic hydroxyl groups is 2. The van der Waals surface area contributed by atoms with Gasteiger partial charge in [0.05, 0.1) is 32.2 Å². The molecule has 16 atom stereocenters. The maximum atomic E-state index is 14.7. The topological polar surface area (TPSA) is 780 Å². The van der Waals surface area contributed by atoms with E-state index in [9.17, 15) is 122 Å². The van der Waals surface area contributed by atoms with Crippen LogP contribution < -0.4 is 108 Å². The zero-order valence-electron chi connectivity index (χ0n) is 72.2. The van der Waals surface area contributed by atoms with Crippen molar-refractivity contribution in [2.24, 2.45) is 46.4 Å². The van der Waals surface area contributed by atoms with Crippen molar-refractivity contribution < 1.29 is 122 Å². The summed E-state index contributed by atoms with van der Waals surface area (Å²) in [6, 6.07) is -9.01. The smallest absolute Gasteiger partial charge is 0.328 e. The predicted octanol–water partition coefficient (Wildman–Crippen LogP) is -6.85.